The van der Waals surface area contributed by atoms with Crippen LogP contribution in [0.4, 0.5) is 20.2 Å². The van der Waals surface area contributed by atoms with Gasteiger partial charge in [-0.05, 0) is 17.9 Å². The van der Waals surface area contributed by atoms with Crippen LogP contribution in [0.25, 0.3) is 0 Å². The molecule has 0 aliphatic carbocycles. The molecule has 1 N–H and O–H groups in total. The molecule has 7 heteroatoms. The van der Waals surface area contributed by atoms with Gasteiger partial charge in [0.2, 0.25) is 5.82 Å². The van der Waals surface area contributed by atoms with E-state index in [0.29, 0.717) is 12.6 Å². The van der Waals surface area contributed by atoms with Crippen LogP contribution < -0.4 is 5.32 Å². The zero-order chi connectivity index (χ0) is 13.5. The zero-order valence-corrected chi connectivity index (χ0v) is 10.7. The van der Waals surface area contributed by atoms with Gasteiger partial charge in [0.05, 0.1) is 10.6 Å². The monoisotopic (exact) mass is 276 g/mol. The lowest BCUT2D eigenvalue weighted by Crippen LogP contribution is -2.06. The number of anilines is 1. The number of hydrogen-bond donors (Lipinski definition) is 1. The molecule has 0 aliphatic rings. The fourth-order valence-electron chi connectivity index (χ4n) is 1.35. The van der Waals surface area contributed by atoms with E-state index in [1.54, 1.807) is 11.8 Å². The Bertz CT molecular complexity index is 430. The van der Waals surface area contributed by atoms with Gasteiger partial charge in [-0.1, -0.05) is 6.92 Å². The number of rotatable bonds is 7. The average molecular weight is 276 g/mol. The molecule has 4 nitrogen and oxygen atoms in total. The van der Waals surface area contributed by atoms with Crippen LogP contribution in [0.5, 0.6) is 0 Å². The molecular weight excluding hydrogens is 262 g/mol. The molecule has 0 aliphatic heterocycles. The lowest BCUT2D eigenvalue weighted by molar-refractivity contribution is -0.387. The van der Waals surface area contributed by atoms with E-state index in [1.807, 2.05) is 6.92 Å². The van der Waals surface area contributed by atoms with Crippen LogP contribution in [0.2, 0.25) is 0 Å². The minimum atomic E-state index is -1.16. The molecule has 0 unspecified atom stereocenters. The van der Waals surface area contributed by atoms with Crippen molar-refractivity contribution in [3.63, 3.8) is 0 Å². The molecule has 0 saturated carbocycles. The maximum atomic E-state index is 13.3. The van der Waals surface area contributed by atoms with Gasteiger partial charge >= 0.3 is 5.69 Å². The van der Waals surface area contributed by atoms with E-state index in [4.69, 9.17) is 0 Å². The minimum absolute atomic E-state index is 0.0374. The van der Waals surface area contributed by atoms with Crippen molar-refractivity contribution in [2.45, 2.75) is 13.3 Å². The Balaban J connectivity index is 2.65. The predicted octanol–water partition coefficient (Wildman–Crippen LogP) is 3.43. The molecule has 0 saturated heterocycles. The molecule has 100 valence electrons. The zero-order valence-electron chi connectivity index (χ0n) is 9.91. The van der Waals surface area contributed by atoms with Crippen molar-refractivity contribution in [3.8, 4) is 0 Å². The highest BCUT2D eigenvalue weighted by Crippen LogP contribution is 2.25. The van der Waals surface area contributed by atoms with E-state index in [0.717, 1.165) is 24.0 Å². The van der Waals surface area contributed by atoms with Crippen LogP contribution in [-0.4, -0.2) is 23.0 Å². The number of nitrogens with zero attached hydrogens (tertiary/aromatic N) is 1. The van der Waals surface area contributed by atoms with E-state index in [2.05, 4.69) is 5.32 Å². The second-order valence-corrected chi connectivity index (χ2v) is 4.91. The highest BCUT2D eigenvalue weighted by Gasteiger charge is 2.18. The molecule has 18 heavy (non-hydrogen) atoms. The molecule has 0 radical (unpaired) electrons. The Kier molecular flexibility index (Phi) is 5.84. The van der Waals surface area contributed by atoms with Crippen LogP contribution >= 0.6 is 11.8 Å². The molecule has 1 aromatic rings. The molecular formula is C11H14F2N2O2S. The maximum absolute atomic E-state index is 13.3. The third-order valence-corrected chi connectivity index (χ3v) is 3.20. The van der Waals surface area contributed by atoms with Crippen LogP contribution in [-0.2, 0) is 0 Å². The average Bonchev–Trinajstić information content (AvgIpc) is 2.30. The summed E-state index contributed by atoms with van der Waals surface area (Å²) in [6.07, 6.45) is 0.809. The largest absolute Gasteiger partial charge is 0.382 e. The second kappa shape index (κ2) is 7.15. The number of nitro benzene ring substituents is 1. The first-order chi connectivity index (χ1) is 8.56. The van der Waals surface area contributed by atoms with Crippen molar-refractivity contribution in [2.75, 3.05) is 23.4 Å². The summed E-state index contributed by atoms with van der Waals surface area (Å²) < 4.78 is 26.4. The van der Waals surface area contributed by atoms with Crippen LogP contribution in [0.1, 0.15) is 13.3 Å². The summed E-state index contributed by atoms with van der Waals surface area (Å²) >= 11 is 1.76. The van der Waals surface area contributed by atoms with Crippen LogP contribution in [0.3, 0.4) is 0 Å². The van der Waals surface area contributed by atoms with Gasteiger partial charge in [-0.25, -0.2) is 4.39 Å². The summed E-state index contributed by atoms with van der Waals surface area (Å²) in [7, 11) is 0. The molecule has 0 bridgehead atoms. The van der Waals surface area contributed by atoms with E-state index in [9.17, 15) is 18.9 Å². The lowest BCUT2D eigenvalue weighted by Gasteiger charge is -2.07. The van der Waals surface area contributed by atoms with Gasteiger partial charge < -0.3 is 5.32 Å². The number of thioether (sulfide) groups is 1. The van der Waals surface area contributed by atoms with E-state index in [1.165, 1.54) is 0 Å². The van der Waals surface area contributed by atoms with Crippen molar-refractivity contribution < 1.29 is 13.7 Å². The van der Waals surface area contributed by atoms with Crippen LogP contribution in [0.15, 0.2) is 12.1 Å². The Morgan fingerprint density at radius 1 is 1.39 bits per heavy atom. The summed E-state index contributed by atoms with van der Waals surface area (Å²) in [6.45, 7) is 2.54. The summed E-state index contributed by atoms with van der Waals surface area (Å²) in [5, 5.41) is 13.2. The molecule has 0 fully saturated rings. The topological polar surface area (TPSA) is 55.2 Å². The van der Waals surface area contributed by atoms with Gasteiger partial charge in [-0.3, -0.25) is 10.1 Å². The number of halogens is 2. The molecule has 0 amide bonds. The molecule has 1 rings (SSSR count). The Hall–Kier alpha value is -1.37. The summed E-state index contributed by atoms with van der Waals surface area (Å²) in [4.78, 5) is 9.64. The van der Waals surface area contributed by atoms with Crippen LogP contribution in [0, 0.1) is 21.7 Å². The van der Waals surface area contributed by atoms with Gasteiger partial charge in [0.1, 0.15) is 5.82 Å². The Labute approximate surface area is 108 Å². The SMILES string of the molecule is CCSCCCNc1cc([N+](=O)[O-])c(F)cc1F. The van der Waals surface area contributed by atoms with Gasteiger partial charge in [0, 0.05) is 18.7 Å². The smallest absolute Gasteiger partial charge is 0.307 e. The van der Waals surface area contributed by atoms with Gasteiger partial charge in [-0.2, -0.15) is 16.2 Å². The van der Waals surface area contributed by atoms with Crippen molar-refractivity contribution in [3.05, 3.63) is 33.9 Å². The molecule has 1 aromatic carbocycles. The maximum Gasteiger partial charge on any atom is 0.307 e. The van der Waals surface area contributed by atoms with Gasteiger partial charge in [0.15, 0.2) is 0 Å². The summed E-state index contributed by atoms with van der Waals surface area (Å²) in [6, 6.07) is 1.42. The number of benzene rings is 1. The fraction of sp³-hybridized carbons (Fsp3) is 0.455. The predicted molar refractivity (Wildman–Crippen MR) is 69.1 cm³/mol. The lowest BCUT2D eigenvalue weighted by atomic mass is 10.2. The van der Waals surface area contributed by atoms with Crippen molar-refractivity contribution in [2.24, 2.45) is 0 Å². The number of nitro groups is 1. The molecule has 0 aromatic heterocycles. The van der Waals surface area contributed by atoms with E-state index in [-0.39, 0.29) is 5.69 Å². The minimum Gasteiger partial charge on any atom is -0.382 e. The molecule has 0 spiro atoms. The van der Waals surface area contributed by atoms with E-state index < -0.39 is 22.2 Å². The molecule has 0 heterocycles. The van der Waals surface area contributed by atoms with E-state index >= 15 is 0 Å². The third-order valence-electron chi connectivity index (χ3n) is 2.22. The number of nitrogens with one attached hydrogen (secondary N) is 1. The standard InChI is InChI=1S/C11H14F2N2O2S/c1-2-18-5-3-4-14-10-7-11(15(16)17)9(13)6-8(10)12/h6-7,14H,2-5H2,1H3. The first-order valence-electron chi connectivity index (χ1n) is 5.51. The van der Waals surface area contributed by atoms with Crippen molar-refractivity contribution in [1.82, 2.24) is 0 Å². The summed E-state index contributed by atoms with van der Waals surface area (Å²) in [5.41, 5.74) is -0.758. The quantitative estimate of drug-likeness (QED) is 0.471. The normalized spacial score (nSPS) is 10.4. The highest BCUT2D eigenvalue weighted by molar-refractivity contribution is 7.99. The number of hydrogen-bond acceptors (Lipinski definition) is 4. The first-order valence-corrected chi connectivity index (χ1v) is 6.66. The van der Waals surface area contributed by atoms with Gasteiger partial charge in [-0.15, -0.1) is 0 Å². The second-order valence-electron chi connectivity index (χ2n) is 3.52. The van der Waals surface area contributed by atoms with Gasteiger partial charge in [0.25, 0.3) is 0 Å². The van der Waals surface area contributed by atoms with Crippen molar-refractivity contribution >= 4 is 23.1 Å². The molecule has 0 atom stereocenters. The first kappa shape index (κ1) is 14.7. The fourth-order valence-corrected chi connectivity index (χ4v) is 1.99. The van der Waals surface area contributed by atoms with Crippen molar-refractivity contribution in [1.29, 1.82) is 0 Å². The third kappa shape index (κ3) is 4.14. The highest BCUT2D eigenvalue weighted by atomic mass is 32.2. The Morgan fingerprint density at radius 2 is 2.11 bits per heavy atom. The summed E-state index contributed by atoms with van der Waals surface area (Å²) in [5.74, 6) is -0.0454. The Morgan fingerprint density at radius 3 is 2.72 bits per heavy atom.